The van der Waals surface area contributed by atoms with Crippen molar-refractivity contribution in [2.24, 2.45) is 0 Å². The van der Waals surface area contributed by atoms with Gasteiger partial charge in [-0.05, 0) is 6.42 Å². The first kappa shape index (κ1) is 8.82. The number of terminal acetylenes is 1. The van der Waals surface area contributed by atoms with Gasteiger partial charge in [0.25, 0.3) is 0 Å². The van der Waals surface area contributed by atoms with Crippen LogP contribution >= 0.6 is 0 Å². The molecule has 0 saturated heterocycles. The molecule has 1 aromatic heterocycles. The fraction of sp³-hybridized carbons (Fsp3) is 0.444. The highest BCUT2D eigenvalue weighted by Gasteiger charge is 2.01. The topological polar surface area (TPSA) is 38.1 Å². The van der Waals surface area contributed by atoms with E-state index in [2.05, 4.69) is 16.4 Å². The summed E-state index contributed by atoms with van der Waals surface area (Å²) >= 11 is 0. The van der Waals surface area contributed by atoms with Crippen molar-refractivity contribution in [1.82, 2.24) is 10.5 Å². The van der Waals surface area contributed by atoms with Gasteiger partial charge in [-0.2, -0.15) is 0 Å². The van der Waals surface area contributed by atoms with E-state index in [4.69, 9.17) is 10.9 Å². The van der Waals surface area contributed by atoms with E-state index in [0.717, 1.165) is 12.2 Å². The normalized spacial score (nSPS) is 12.3. The Balaban J connectivity index is 2.31. The van der Waals surface area contributed by atoms with E-state index in [1.54, 1.807) is 6.20 Å². The standard InChI is InChI=1S/C9H12N2O/c1-3-8(4-2)10-7-9-5-6-11-12-9/h1,5-6,8,10H,4,7H2,2H3. The van der Waals surface area contributed by atoms with Crippen molar-refractivity contribution in [3.05, 3.63) is 18.0 Å². The van der Waals surface area contributed by atoms with E-state index < -0.39 is 0 Å². The summed E-state index contributed by atoms with van der Waals surface area (Å²) in [5.74, 6) is 3.45. The number of hydrogen-bond donors (Lipinski definition) is 1. The molecule has 1 heterocycles. The van der Waals surface area contributed by atoms with E-state index in [0.29, 0.717) is 6.54 Å². The number of hydrogen-bond acceptors (Lipinski definition) is 3. The Morgan fingerprint density at radius 3 is 3.17 bits per heavy atom. The van der Waals surface area contributed by atoms with Crippen molar-refractivity contribution in [3.8, 4) is 12.3 Å². The lowest BCUT2D eigenvalue weighted by Crippen LogP contribution is -2.25. The van der Waals surface area contributed by atoms with Crippen LogP contribution in [0.25, 0.3) is 0 Å². The maximum Gasteiger partial charge on any atom is 0.150 e. The van der Waals surface area contributed by atoms with Crippen molar-refractivity contribution < 1.29 is 4.52 Å². The van der Waals surface area contributed by atoms with Gasteiger partial charge in [-0.25, -0.2) is 0 Å². The maximum absolute atomic E-state index is 5.26. The summed E-state index contributed by atoms with van der Waals surface area (Å²) in [6.45, 7) is 2.68. The fourth-order valence-electron chi connectivity index (χ4n) is 0.878. The lowest BCUT2D eigenvalue weighted by atomic mass is 10.2. The molecule has 1 N–H and O–H groups in total. The first-order valence-electron chi connectivity index (χ1n) is 3.96. The van der Waals surface area contributed by atoms with Crippen molar-refractivity contribution in [2.45, 2.75) is 25.9 Å². The summed E-state index contributed by atoms with van der Waals surface area (Å²) in [6.07, 6.45) is 7.80. The molecule has 12 heavy (non-hydrogen) atoms. The highest BCUT2D eigenvalue weighted by molar-refractivity contribution is 5.00. The average Bonchev–Trinajstić information content (AvgIpc) is 2.59. The largest absolute Gasteiger partial charge is 0.360 e. The second-order valence-electron chi connectivity index (χ2n) is 2.49. The molecule has 1 aromatic rings. The highest BCUT2D eigenvalue weighted by atomic mass is 16.5. The molecule has 0 fully saturated rings. The molecule has 0 bridgehead atoms. The van der Waals surface area contributed by atoms with Crippen LogP contribution in [0.2, 0.25) is 0 Å². The van der Waals surface area contributed by atoms with Gasteiger partial charge in [0.1, 0.15) is 5.76 Å². The molecule has 0 aliphatic rings. The molecular formula is C9H12N2O. The summed E-state index contributed by atoms with van der Waals surface area (Å²) in [7, 11) is 0. The molecule has 64 valence electrons. The molecule has 0 radical (unpaired) electrons. The van der Waals surface area contributed by atoms with Crippen LogP contribution in [-0.4, -0.2) is 11.2 Å². The first-order valence-corrected chi connectivity index (χ1v) is 3.96. The Hall–Kier alpha value is -1.27. The van der Waals surface area contributed by atoms with Crippen molar-refractivity contribution in [1.29, 1.82) is 0 Å². The summed E-state index contributed by atoms with van der Waals surface area (Å²) in [5, 5.41) is 6.74. The SMILES string of the molecule is C#CC(CC)NCc1ccno1. The fourth-order valence-corrected chi connectivity index (χ4v) is 0.878. The Morgan fingerprint density at radius 2 is 2.67 bits per heavy atom. The number of aromatic nitrogens is 1. The van der Waals surface area contributed by atoms with E-state index in [9.17, 15) is 0 Å². The second-order valence-corrected chi connectivity index (χ2v) is 2.49. The molecule has 3 nitrogen and oxygen atoms in total. The van der Waals surface area contributed by atoms with Crippen LogP contribution in [0.1, 0.15) is 19.1 Å². The quantitative estimate of drug-likeness (QED) is 0.679. The van der Waals surface area contributed by atoms with Gasteiger partial charge in [0.2, 0.25) is 0 Å². The highest BCUT2D eigenvalue weighted by Crippen LogP contribution is 1.97. The van der Waals surface area contributed by atoms with Gasteiger partial charge in [-0.1, -0.05) is 18.0 Å². The van der Waals surface area contributed by atoms with Crippen LogP contribution in [-0.2, 0) is 6.54 Å². The maximum atomic E-state index is 5.26. The van der Waals surface area contributed by atoms with Gasteiger partial charge in [0, 0.05) is 6.07 Å². The van der Waals surface area contributed by atoms with E-state index >= 15 is 0 Å². The Morgan fingerprint density at radius 1 is 1.83 bits per heavy atom. The Labute approximate surface area is 72.1 Å². The monoisotopic (exact) mass is 164 g/mol. The zero-order valence-electron chi connectivity index (χ0n) is 7.08. The molecular weight excluding hydrogens is 152 g/mol. The Kier molecular flexibility index (Phi) is 3.36. The van der Waals surface area contributed by atoms with Crippen molar-refractivity contribution in [2.75, 3.05) is 0 Å². The van der Waals surface area contributed by atoms with Gasteiger partial charge < -0.3 is 4.52 Å². The molecule has 0 aliphatic heterocycles. The molecule has 1 rings (SSSR count). The molecule has 1 unspecified atom stereocenters. The van der Waals surface area contributed by atoms with Gasteiger partial charge in [0.05, 0.1) is 18.8 Å². The zero-order chi connectivity index (χ0) is 8.81. The third-order valence-electron chi connectivity index (χ3n) is 1.62. The summed E-state index contributed by atoms with van der Waals surface area (Å²) in [5.41, 5.74) is 0. The van der Waals surface area contributed by atoms with E-state index in [1.165, 1.54) is 0 Å². The van der Waals surface area contributed by atoms with Crippen molar-refractivity contribution >= 4 is 0 Å². The minimum Gasteiger partial charge on any atom is -0.360 e. The van der Waals surface area contributed by atoms with E-state index in [-0.39, 0.29) is 6.04 Å². The van der Waals surface area contributed by atoms with E-state index in [1.807, 2.05) is 13.0 Å². The minimum absolute atomic E-state index is 0.120. The Bertz CT molecular complexity index is 248. The van der Waals surface area contributed by atoms with Gasteiger partial charge in [-0.3, -0.25) is 5.32 Å². The van der Waals surface area contributed by atoms with Gasteiger partial charge in [-0.15, -0.1) is 6.42 Å². The van der Waals surface area contributed by atoms with Crippen LogP contribution in [0, 0.1) is 12.3 Å². The minimum atomic E-state index is 0.120. The molecule has 0 saturated carbocycles. The van der Waals surface area contributed by atoms with Crippen molar-refractivity contribution in [3.63, 3.8) is 0 Å². The van der Waals surface area contributed by atoms with Crippen LogP contribution in [0.4, 0.5) is 0 Å². The molecule has 0 spiro atoms. The second kappa shape index (κ2) is 4.58. The molecule has 0 aliphatic carbocycles. The molecule has 1 atom stereocenters. The smallest absolute Gasteiger partial charge is 0.150 e. The summed E-state index contributed by atoms with van der Waals surface area (Å²) in [6, 6.07) is 1.94. The van der Waals surface area contributed by atoms with Gasteiger partial charge in [0.15, 0.2) is 0 Å². The van der Waals surface area contributed by atoms with Crippen LogP contribution in [0.15, 0.2) is 16.8 Å². The predicted octanol–water partition coefficient (Wildman–Crippen LogP) is 1.18. The number of rotatable bonds is 4. The summed E-state index contributed by atoms with van der Waals surface area (Å²) < 4.78 is 4.89. The van der Waals surface area contributed by atoms with Crippen LogP contribution < -0.4 is 5.32 Å². The van der Waals surface area contributed by atoms with Crippen LogP contribution in [0.5, 0.6) is 0 Å². The van der Waals surface area contributed by atoms with Gasteiger partial charge >= 0.3 is 0 Å². The average molecular weight is 164 g/mol. The lowest BCUT2D eigenvalue weighted by Gasteiger charge is -2.07. The molecule has 3 heteroatoms. The number of nitrogens with one attached hydrogen (secondary N) is 1. The third-order valence-corrected chi connectivity index (χ3v) is 1.62. The summed E-state index contributed by atoms with van der Waals surface area (Å²) in [4.78, 5) is 0. The zero-order valence-corrected chi connectivity index (χ0v) is 7.08. The predicted molar refractivity (Wildman–Crippen MR) is 46.3 cm³/mol. The number of nitrogens with zero attached hydrogens (tertiary/aromatic N) is 1. The molecule has 0 aromatic carbocycles. The lowest BCUT2D eigenvalue weighted by molar-refractivity contribution is 0.368. The first-order chi connectivity index (χ1) is 5.86. The van der Waals surface area contributed by atoms with Crippen LogP contribution in [0.3, 0.4) is 0 Å². The molecule has 0 amide bonds. The third kappa shape index (κ3) is 2.40.